The molecule has 0 amide bonds. The first kappa shape index (κ1) is 13.1. The lowest BCUT2D eigenvalue weighted by Crippen LogP contribution is -2.10. The molecule has 0 atom stereocenters. The van der Waals surface area contributed by atoms with Gasteiger partial charge in [-0.3, -0.25) is 0 Å². The van der Waals surface area contributed by atoms with Crippen LogP contribution in [0.1, 0.15) is 0 Å². The van der Waals surface area contributed by atoms with Gasteiger partial charge < -0.3 is 10.5 Å². The molecule has 0 spiro atoms. The van der Waals surface area contributed by atoms with E-state index in [2.05, 4.69) is 60.7 Å². The Morgan fingerprint density at radius 2 is 1.14 bits per heavy atom. The zero-order valence-electron chi connectivity index (χ0n) is 12.3. The lowest BCUT2D eigenvalue weighted by molar-refractivity contribution is 0.332. The highest BCUT2D eigenvalue weighted by atomic mass is 16.5. The van der Waals surface area contributed by atoms with E-state index in [1.165, 1.54) is 32.3 Å². The van der Waals surface area contributed by atoms with Crippen molar-refractivity contribution in [3.8, 4) is 5.75 Å². The first-order chi connectivity index (χ1) is 10.9. The van der Waals surface area contributed by atoms with E-state index in [1.54, 1.807) is 0 Å². The third-order valence-corrected chi connectivity index (χ3v) is 4.11. The second-order valence-corrected chi connectivity index (χ2v) is 5.41. The van der Waals surface area contributed by atoms with Crippen LogP contribution in [-0.4, -0.2) is 13.2 Å². The van der Waals surface area contributed by atoms with E-state index in [9.17, 15) is 0 Å². The normalized spacial score (nSPS) is 11.3. The summed E-state index contributed by atoms with van der Waals surface area (Å²) in [4.78, 5) is 0. The zero-order valence-corrected chi connectivity index (χ0v) is 12.3. The zero-order chi connectivity index (χ0) is 14.9. The van der Waals surface area contributed by atoms with Crippen molar-refractivity contribution in [3.05, 3.63) is 66.7 Å². The topological polar surface area (TPSA) is 35.2 Å². The molecule has 4 aromatic carbocycles. The van der Waals surface area contributed by atoms with Gasteiger partial charge in [-0.25, -0.2) is 0 Å². The second kappa shape index (κ2) is 5.32. The lowest BCUT2D eigenvalue weighted by Gasteiger charge is -2.14. The van der Waals surface area contributed by atoms with E-state index in [0.717, 1.165) is 5.75 Å². The Morgan fingerprint density at radius 1 is 0.636 bits per heavy atom. The molecule has 0 bridgehead atoms. The molecule has 0 aliphatic carbocycles. The summed E-state index contributed by atoms with van der Waals surface area (Å²) < 4.78 is 5.90. The molecule has 2 N–H and O–H groups in total. The largest absolute Gasteiger partial charge is 0.492 e. The van der Waals surface area contributed by atoms with Crippen LogP contribution >= 0.6 is 0 Å². The third kappa shape index (κ3) is 1.92. The molecule has 2 heteroatoms. The molecule has 0 heterocycles. The fourth-order valence-corrected chi connectivity index (χ4v) is 3.21. The Kier molecular flexibility index (Phi) is 3.17. The van der Waals surface area contributed by atoms with Crippen LogP contribution in [0.15, 0.2) is 66.7 Å². The van der Waals surface area contributed by atoms with Crippen LogP contribution in [0.4, 0.5) is 0 Å². The molecule has 4 aromatic rings. The quantitative estimate of drug-likeness (QED) is 0.564. The van der Waals surface area contributed by atoms with Crippen LogP contribution in [0.2, 0.25) is 0 Å². The van der Waals surface area contributed by atoms with Gasteiger partial charge in [-0.1, -0.05) is 60.7 Å². The molecule has 0 aliphatic rings. The van der Waals surface area contributed by atoms with Crippen molar-refractivity contribution in [2.75, 3.05) is 13.2 Å². The molecule has 22 heavy (non-hydrogen) atoms. The highest BCUT2D eigenvalue weighted by Gasteiger charge is 2.11. The lowest BCUT2D eigenvalue weighted by atomic mass is 9.94. The predicted molar refractivity (Wildman–Crippen MR) is 93.5 cm³/mol. The number of hydrogen-bond acceptors (Lipinski definition) is 2. The van der Waals surface area contributed by atoms with Gasteiger partial charge in [-0.2, -0.15) is 0 Å². The first-order valence-electron chi connectivity index (χ1n) is 7.55. The molecule has 0 aliphatic heterocycles. The summed E-state index contributed by atoms with van der Waals surface area (Å²) in [7, 11) is 0. The SMILES string of the molecule is NCCOc1cccc2c3ccccc3c3ccccc3c12. The molecule has 4 rings (SSSR count). The van der Waals surface area contributed by atoms with Crippen LogP contribution in [0.3, 0.4) is 0 Å². The second-order valence-electron chi connectivity index (χ2n) is 5.41. The van der Waals surface area contributed by atoms with Crippen molar-refractivity contribution < 1.29 is 4.74 Å². The highest BCUT2D eigenvalue weighted by Crippen LogP contribution is 2.39. The van der Waals surface area contributed by atoms with Crippen molar-refractivity contribution >= 4 is 32.3 Å². The number of nitrogens with two attached hydrogens (primary N) is 1. The minimum atomic E-state index is 0.516. The number of rotatable bonds is 3. The van der Waals surface area contributed by atoms with Gasteiger partial charge in [-0.05, 0) is 33.0 Å². The van der Waals surface area contributed by atoms with E-state index in [0.29, 0.717) is 13.2 Å². The molecule has 0 fully saturated rings. The average molecular weight is 287 g/mol. The van der Waals surface area contributed by atoms with Crippen molar-refractivity contribution in [2.45, 2.75) is 0 Å². The summed E-state index contributed by atoms with van der Waals surface area (Å²) in [5.74, 6) is 0.907. The summed E-state index contributed by atoms with van der Waals surface area (Å²) in [5.41, 5.74) is 5.60. The Balaban J connectivity index is 2.22. The maximum Gasteiger partial charge on any atom is 0.127 e. The van der Waals surface area contributed by atoms with Gasteiger partial charge in [0.2, 0.25) is 0 Å². The van der Waals surface area contributed by atoms with E-state index >= 15 is 0 Å². The van der Waals surface area contributed by atoms with Gasteiger partial charge >= 0.3 is 0 Å². The molecule has 0 radical (unpaired) electrons. The number of fused-ring (bicyclic) bond motifs is 6. The summed E-state index contributed by atoms with van der Waals surface area (Å²) in [6.45, 7) is 1.04. The minimum Gasteiger partial charge on any atom is -0.492 e. The van der Waals surface area contributed by atoms with Crippen molar-refractivity contribution in [1.29, 1.82) is 0 Å². The van der Waals surface area contributed by atoms with E-state index in [1.807, 2.05) is 6.07 Å². The molecule has 0 aromatic heterocycles. The van der Waals surface area contributed by atoms with Gasteiger partial charge in [0.15, 0.2) is 0 Å². The van der Waals surface area contributed by atoms with E-state index < -0.39 is 0 Å². The Labute approximate surface area is 129 Å². The van der Waals surface area contributed by atoms with E-state index in [4.69, 9.17) is 10.5 Å². The number of ether oxygens (including phenoxy) is 1. The standard InChI is InChI=1S/C20H17NO/c21-12-13-22-19-11-5-10-18-16-7-2-1-6-14(16)15-8-3-4-9-17(15)20(18)19/h1-11H,12-13,21H2. The fraction of sp³-hybridized carbons (Fsp3) is 0.100. The summed E-state index contributed by atoms with van der Waals surface area (Å²) in [6, 6.07) is 23.3. The molecule has 0 saturated heterocycles. The summed E-state index contributed by atoms with van der Waals surface area (Å²) in [5, 5.41) is 7.42. The number of hydrogen-bond donors (Lipinski definition) is 1. The van der Waals surface area contributed by atoms with Gasteiger partial charge in [0, 0.05) is 11.9 Å². The van der Waals surface area contributed by atoms with Crippen molar-refractivity contribution in [1.82, 2.24) is 0 Å². The molecule has 108 valence electrons. The molecular formula is C20H17NO. The summed E-state index contributed by atoms with van der Waals surface area (Å²) in [6.07, 6.45) is 0. The minimum absolute atomic E-state index is 0.516. The van der Waals surface area contributed by atoms with Gasteiger partial charge in [0.1, 0.15) is 12.4 Å². The van der Waals surface area contributed by atoms with Gasteiger partial charge in [-0.15, -0.1) is 0 Å². The van der Waals surface area contributed by atoms with Crippen molar-refractivity contribution in [2.24, 2.45) is 5.73 Å². The van der Waals surface area contributed by atoms with Crippen LogP contribution in [-0.2, 0) is 0 Å². The van der Waals surface area contributed by atoms with E-state index in [-0.39, 0.29) is 0 Å². The monoisotopic (exact) mass is 287 g/mol. The fourth-order valence-electron chi connectivity index (χ4n) is 3.21. The van der Waals surface area contributed by atoms with Crippen molar-refractivity contribution in [3.63, 3.8) is 0 Å². The maximum atomic E-state index is 5.90. The summed E-state index contributed by atoms with van der Waals surface area (Å²) >= 11 is 0. The Hall–Kier alpha value is -2.58. The molecular weight excluding hydrogens is 270 g/mol. The first-order valence-corrected chi connectivity index (χ1v) is 7.55. The van der Waals surface area contributed by atoms with Gasteiger partial charge in [0.05, 0.1) is 0 Å². The molecule has 0 saturated carbocycles. The third-order valence-electron chi connectivity index (χ3n) is 4.11. The molecule has 0 unspecified atom stereocenters. The van der Waals surface area contributed by atoms with Crippen LogP contribution in [0, 0.1) is 0 Å². The Bertz CT molecular complexity index is 930. The van der Waals surface area contributed by atoms with Crippen LogP contribution in [0.5, 0.6) is 5.75 Å². The van der Waals surface area contributed by atoms with Gasteiger partial charge in [0.25, 0.3) is 0 Å². The average Bonchev–Trinajstić information content (AvgIpc) is 2.60. The van der Waals surface area contributed by atoms with Crippen LogP contribution in [0.25, 0.3) is 32.3 Å². The maximum absolute atomic E-state index is 5.90. The predicted octanol–water partition coefficient (Wildman–Crippen LogP) is 4.48. The highest BCUT2D eigenvalue weighted by molar-refractivity contribution is 6.26. The number of benzene rings is 4. The Morgan fingerprint density at radius 3 is 1.73 bits per heavy atom. The van der Waals surface area contributed by atoms with Crippen LogP contribution < -0.4 is 10.5 Å². The smallest absolute Gasteiger partial charge is 0.127 e. The molecule has 2 nitrogen and oxygen atoms in total.